The Labute approximate surface area is 145 Å². The van der Waals surface area contributed by atoms with Crippen LogP contribution in [0, 0.1) is 0 Å². The van der Waals surface area contributed by atoms with Gasteiger partial charge in [0.1, 0.15) is 14.7 Å². The molecule has 1 aromatic carbocycles. The lowest BCUT2D eigenvalue weighted by molar-refractivity contribution is 0.0691. The molecule has 0 heterocycles. The minimum atomic E-state index is -4.66. The third kappa shape index (κ3) is 4.37. The second kappa shape index (κ2) is 6.03. The number of hydrogen-bond donors (Lipinski definition) is 1. The summed E-state index contributed by atoms with van der Waals surface area (Å²) < 4.78 is 96.1. The van der Waals surface area contributed by atoms with Gasteiger partial charge in [-0.1, -0.05) is 0 Å². The van der Waals surface area contributed by atoms with Crippen LogP contribution in [0.4, 0.5) is 0 Å². The van der Waals surface area contributed by atoms with Crippen molar-refractivity contribution in [2.24, 2.45) is 0 Å². The number of sulfone groups is 4. The molecule has 0 unspecified atom stereocenters. The van der Waals surface area contributed by atoms with Gasteiger partial charge in [0.15, 0.2) is 39.3 Å². The van der Waals surface area contributed by atoms with Crippen LogP contribution in [0.5, 0.6) is 0 Å². The highest BCUT2D eigenvalue weighted by molar-refractivity contribution is 7.96. The molecular formula is C11H14O10S4. The molecule has 0 radical (unpaired) electrons. The van der Waals surface area contributed by atoms with Crippen LogP contribution in [0.3, 0.4) is 0 Å². The zero-order chi connectivity index (χ0) is 20.2. The van der Waals surface area contributed by atoms with E-state index >= 15 is 0 Å². The van der Waals surface area contributed by atoms with Crippen molar-refractivity contribution in [2.45, 2.75) is 19.6 Å². The molecule has 0 aliphatic carbocycles. The third-order valence-corrected chi connectivity index (χ3v) is 7.89. The number of carboxylic acids is 1. The maximum Gasteiger partial charge on any atom is 0.337 e. The Kier molecular flexibility index (Phi) is 5.20. The smallest absolute Gasteiger partial charge is 0.337 e. The molecule has 0 saturated carbocycles. The van der Waals surface area contributed by atoms with Crippen molar-refractivity contribution in [3.05, 3.63) is 11.6 Å². The topological polar surface area (TPSA) is 174 Å². The number of hydrogen-bond acceptors (Lipinski definition) is 9. The largest absolute Gasteiger partial charge is 0.478 e. The van der Waals surface area contributed by atoms with Crippen molar-refractivity contribution in [3.8, 4) is 0 Å². The second-order valence-electron chi connectivity index (χ2n) is 5.30. The molecule has 0 bridgehead atoms. The number of carboxylic acid groups (broad SMARTS) is 1. The first-order valence-electron chi connectivity index (χ1n) is 6.04. The van der Waals surface area contributed by atoms with E-state index in [1.165, 1.54) is 0 Å². The number of benzene rings is 1. The normalized spacial score (nSPS) is 13.6. The fourth-order valence-corrected chi connectivity index (χ4v) is 8.46. The standard InChI is InChI=1S/C11H14O10S4/c1-22(14,15)7-5-6(11(12)13)8(23(2,16)17)10(25(4,20)21)9(7)24(3,18)19/h5H,1-4H3,(H,12,13). The van der Waals surface area contributed by atoms with Gasteiger partial charge in [-0.2, -0.15) is 0 Å². The van der Waals surface area contributed by atoms with E-state index in [2.05, 4.69) is 0 Å². The molecule has 25 heavy (non-hydrogen) atoms. The van der Waals surface area contributed by atoms with Gasteiger partial charge >= 0.3 is 5.97 Å². The monoisotopic (exact) mass is 434 g/mol. The molecule has 0 atom stereocenters. The van der Waals surface area contributed by atoms with Gasteiger partial charge in [-0.3, -0.25) is 0 Å². The Balaban J connectivity index is 4.71. The van der Waals surface area contributed by atoms with E-state index < -0.39 is 70.5 Å². The van der Waals surface area contributed by atoms with Crippen molar-refractivity contribution >= 4 is 45.3 Å². The summed E-state index contributed by atoms with van der Waals surface area (Å²) in [6.07, 6.45) is 1.95. The maximum absolute atomic E-state index is 12.1. The van der Waals surface area contributed by atoms with Gasteiger partial charge in [-0.15, -0.1) is 0 Å². The molecule has 10 nitrogen and oxygen atoms in total. The van der Waals surface area contributed by atoms with Crippen molar-refractivity contribution in [2.75, 3.05) is 25.0 Å². The summed E-state index contributed by atoms with van der Waals surface area (Å²) in [6, 6.07) is 0.332. The van der Waals surface area contributed by atoms with Crippen LogP contribution in [0.25, 0.3) is 0 Å². The van der Waals surface area contributed by atoms with Crippen LogP contribution in [0.1, 0.15) is 10.4 Å². The van der Waals surface area contributed by atoms with E-state index in [9.17, 15) is 43.6 Å². The van der Waals surface area contributed by atoms with E-state index in [1.807, 2.05) is 0 Å². The molecule has 0 amide bonds. The lowest BCUT2D eigenvalue weighted by Crippen LogP contribution is -2.21. The zero-order valence-corrected chi connectivity index (χ0v) is 16.6. The van der Waals surface area contributed by atoms with Gasteiger partial charge in [-0.25, -0.2) is 38.5 Å². The molecule has 0 spiro atoms. The Morgan fingerprint density at radius 1 is 0.680 bits per heavy atom. The number of rotatable bonds is 5. The van der Waals surface area contributed by atoms with E-state index in [0.717, 1.165) is 0 Å². The predicted molar refractivity (Wildman–Crippen MR) is 85.8 cm³/mol. The summed E-state index contributed by atoms with van der Waals surface area (Å²) in [7, 11) is -18.2. The van der Waals surface area contributed by atoms with Gasteiger partial charge in [0.05, 0.1) is 10.5 Å². The molecule has 1 N–H and O–H groups in total. The number of aromatic carboxylic acids is 1. The van der Waals surface area contributed by atoms with E-state index in [-0.39, 0.29) is 0 Å². The molecule has 0 aromatic heterocycles. The lowest BCUT2D eigenvalue weighted by atomic mass is 10.2. The summed E-state index contributed by atoms with van der Waals surface area (Å²) in [5, 5.41) is 9.20. The molecule has 1 rings (SSSR count). The zero-order valence-electron chi connectivity index (χ0n) is 13.3. The summed E-state index contributed by atoms with van der Waals surface area (Å²) in [5.74, 6) is -1.93. The fraction of sp³-hybridized carbons (Fsp3) is 0.364. The van der Waals surface area contributed by atoms with E-state index in [1.54, 1.807) is 0 Å². The van der Waals surface area contributed by atoms with E-state index in [0.29, 0.717) is 31.1 Å². The molecule has 14 heteroatoms. The Hall–Kier alpha value is -1.51. The van der Waals surface area contributed by atoms with E-state index in [4.69, 9.17) is 0 Å². The minimum absolute atomic E-state index is 0.332. The highest BCUT2D eigenvalue weighted by Gasteiger charge is 2.38. The summed E-state index contributed by atoms with van der Waals surface area (Å²) in [4.78, 5) is 6.34. The van der Waals surface area contributed by atoms with Crippen LogP contribution >= 0.6 is 0 Å². The summed E-state index contributed by atoms with van der Waals surface area (Å²) in [5.41, 5.74) is -1.16. The first-order valence-corrected chi connectivity index (χ1v) is 13.6. The van der Waals surface area contributed by atoms with Crippen molar-refractivity contribution in [1.82, 2.24) is 0 Å². The quantitative estimate of drug-likeness (QED) is 0.605. The minimum Gasteiger partial charge on any atom is -0.478 e. The molecule has 1 aromatic rings. The van der Waals surface area contributed by atoms with Crippen LogP contribution in [0.15, 0.2) is 25.6 Å². The first kappa shape index (κ1) is 21.5. The van der Waals surface area contributed by atoms with Crippen LogP contribution in [0.2, 0.25) is 0 Å². The summed E-state index contributed by atoms with van der Waals surface area (Å²) >= 11 is 0. The Morgan fingerprint density at radius 2 is 1.04 bits per heavy atom. The Morgan fingerprint density at radius 3 is 1.28 bits per heavy atom. The second-order valence-corrected chi connectivity index (χ2v) is 13.1. The predicted octanol–water partition coefficient (Wildman–Crippen LogP) is -1.00. The maximum atomic E-state index is 12.1. The van der Waals surface area contributed by atoms with Gasteiger partial charge < -0.3 is 5.11 Å². The van der Waals surface area contributed by atoms with Gasteiger partial charge in [-0.05, 0) is 6.07 Å². The molecule has 0 aliphatic heterocycles. The highest BCUT2D eigenvalue weighted by atomic mass is 32.2. The lowest BCUT2D eigenvalue weighted by Gasteiger charge is -2.17. The SMILES string of the molecule is CS(=O)(=O)c1cc(C(=O)O)c(S(C)(=O)=O)c(S(C)(=O)=O)c1S(C)(=O)=O. The highest BCUT2D eigenvalue weighted by Crippen LogP contribution is 2.36. The van der Waals surface area contributed by atoms with Crippen LogP contribution in [-0.2, 0) is 39.3 Å². The van der Waals surface area contributed by atoms with Crippen molar-refractivity contribution in [3.63, 3.8) is 0 Å². The Bertz CT molecular complexity index is 1180. The molecule has 0 fully saturated rings. The average Bonchev–Trinajstić information content (AvgIpc) is 2.31. The van der Waals surface area contributed by atoms with Gasteiger partial charge in [0.2, 0.25) is 0 Å². The van der Waals surface area contributed by atoms with Gasteiger partial charge in [0, 0.05) is 25.0 Å². The molecule has 0 aliphatic rings. The molecular weight excluding hydrogens is 420 g/mol. The van der Waals surface area contributed by atoms with Crippen LogP contribution < -0.4 is 0 Å². The molecule has 142 valence electrons. The summed E-state index contributed by atoms with van der Waals surface area (Å²) in [6.45, 7) is 0. The van der Waals surface area contributed by atoms with Crippen molar-refractivity contribution < 1.29 is 43.6 Å². The average molecular weight is 434 g/mol. The first-order chi connectivity index (χ1) is 10.8. The fourth-order valence-electron chi connectivity index (χ4n) is 2.09. The molecule has 0 saturated heterocycles. The van der Waals surface area contributed by atoms with Gasteiger partial charge in [0.25, 0.3) is 0 Å². The van der Waals surface area contributed by atoms with Crippen LogP contribution in [-0.4, -0.2) is 69.8 Å². The van der Waals surface area contributed by atoms with Crippen molar-refractivity contribution in [1.29, 1.82) is 0 Å². The third-order valence-electron chi connectivity index (χ3n) is 2.90. The number of carbonyl (C=O) groups is 1.